The number of aryl methyl sites for hydroxylation is 3. The molecule has 1 aromatic heterocycles. The third kappa shape index (κ3) is 4.80. The molecule has 3 aromatic rings. The Balaban J connectivity index is 1.26. The van der Waals surface area contributed by atoms with Gasteiger partial charge in [0.2, 0.25) is 0 Å². The molecule has 0 saturated carbocycles. The number of Topliss-reactive ketones (excluding diaryl/α,β-unsaturated/α-hetero) is 1. The van der Waals surface area contributed by atoms with Gasteiger partial charge >= 0.3 is 5.97 Å². The van der Waals surface area contributed by atoms with E-state index in [9.17, 15) is 9.59 Å². The van der Waals surface area contributed by atoms with Gasteiger partial charge in [0.25, 0.3) is 0 Å². The van der Waals surface area contributed by atoms with Gasteiger partial charge in [-0.05, 0) is 67.0 Å². The van der Waals surface area contributed by atoms with Gasteiger partial charge in [0, 0.05) is 18.2 Å². The first-order chi connectivity index (χ1) is 14.2. The summed E-state index contributed by atoms with van der Waals surface area (Å²) >= 11 is 0. The highest BCUT2D eigenvalue weighted by molar-refractivity contribution is 5.98. The molecule has 0 spiro atoms. The van der Waals surface area contributed by atoms with Crippen LogP contribution in [0.25, 0.3) is 5.69 Å². The van der Waals surface area contributed by atoms with Gasteiger partial charge in [-0.1, -0.05) is 30.3 Å². The second kappa shape index (κ2) is 8.86. The maximum atomic E-state index is 12.4. The Morgan fingerprint density at radius 3 is 2.62 bits per heavy atom. The average Bonchev–Trinajstić information content (AvgIpc) is 3.25. The summed E-state index contributed by atoms with van der Waals surface area (Å²) in [5, 5.41) is 4.32. The zero-order valence-corrected chi connectivity index (χ0v) is 16.3. The largest absolute Gasteiger partial charge is 0.457 e. The quantitative estimate of drug-likeness (QED) is 0.451. The van der Waals surface area contributed by atoms with Crippen molar-refractivity contribution >= 4 is 11.8 Å². The summed E-state index contributed by atoms with van der Waals surface area (Å²) in [6, 6.07) is 15.6. The molecule has 29 heavy (non-hydrogen) atoms. The van der Waals surface area contributed by atoms with Gasteiger partial charge in [-0.3, -0.25) is 9.59 Å². The lowest BCUT2D eigenvalue weighted by molar-refractivity contribution is -0.142. The topological polar surface area (TPSA) is 61.2 Å². The number of fused-ring (bicyclic) bond motifs is 1. The molecular weight excluding hydrogens is 364 g/mol. The molecule has 0 saturated heterocycles. The van der Waals surface area contributed by atoms with Gasteiger partial charge in [0.05, 0.1) is 11.9 Å². The minimum absolute atomic E-state index is 0.149. The highest BCUT2D eigenvalue weighted by Gasteiger charge is 2.15. The van der Waals surface area contributed by atoms with Crippen molar-refractivity contribution in [2.75, 3.05) is 6.61 Å². The molecular formula is C24H24N2O3. The van der Waals surface area contributed by atoms with E-state index in [2.05, 4.69) is 5.10 Å². The SMILES string of the molecule is O=C(CCc1cnn(-c2ccccc2)c1)OCC(=O)c1ccc2c(c1)CCCC2. The lowest BCUT2D eigenvalue weighted by Gasteiger charge is -2.16. The number of esters is 1. The Hall–Kier alpha value is -3.21. The molecule has 0 N–H and O–H groups in total. The van der Waals surface area contributed by atoms with Crippen molar-refractivity contribution < 1.29 is 14.3 Å². The summed E-state index contributed by atoms with van der Waals surface area (Å²) in [5.41, 5.74) is 5.14. The average molecular weight is 388 g/mol. The number of benzene rings is 2. The van der Waals surface area contributed by atoms with Crippen LogP contribution in [0.3, 0.4) is 0 Å². The van der Waals surface area contributed by atoms with Gasteiger partial charge in [-0.2, -0.15) is 5.10 Å². The van der Waals surface area contributed by atoms with E-state index in [1.54, 1.807) is 10.9 Å². The molecule has 148 valence electrons. The van der Waals surface area contributed by atoms with Crippen LogP contribution >= 0.6 is 0 Å². The van der Waals surface area contributed by atoms with E-state index < -0.39 is 0 Å². The number of hydrogen-bond acceptors (Lipinski definition) is 4. The van der Waals surface area contributed by atoms with Gasteiger partial charge in [-0.25, -0.2) is 4.68 Å². The molecule has 0 amide bonds. The van der Waals surface area contributed by atoms with Gasteiger partial charge < -0.3 is 4.74 Å². The Labute approximate surface area is 170 Å². The highest BCUT2D eigenvalue weighted by atomic mass is 16.5. The monoisotopic (exact) mass is 388 g/mol. The fourth-order valence-electron chi connectivity index (χ4n) is 3.67. The maximum Gasteiger partial charge on any atom is 0.306 e. The van der Waals surface area contributed by atoms with E-state index in [0.29, 0.717) is 12.0 Å². The van der Waals surface area contributed by atoms with Gasteiger partial charge in [0.1, 0.15) is 0 Å². The molecule has 5 nitrogen and oxygen atoms in total. The fourth-order valence-corrected chi connectivity index (χ4v) is 3.67. The third-order valence-electron chi connectivity index (χ3n) is 5.31. The molecule has 0 radical (unpaired) electrons. The number of para-hydroxylation sites is 1. The van der Waals surface area contributed by atoms with Crippen molar-refractivity contribution in [3.05, 3.63) is 83.2 Å². The van der Waals surface area contributed by atoms with Gasteiger partial charge in [0.15, 0.2) is 12.4 Å². The summed E-state index contributed by atoms with van der Waals surface area (Å²) in [5.74, 6) is -0.521. The maximum absolute atomic E-state index is 12.4. The molecule has 0 aliphatic heterocycles. The normalized spacial score (nSPS) is 13.0. The molecule has 5 heteroatoms. The standard InChI is InChI=1S/C24H24N2O3/c27-23(21-12-11-19-6-4-5-7-20(19)14-21)17-29-24(28)13-10-18-15-25-26(16-18)22-8-2-1-3-9-22/h1-3,8-9,11-12,14-16H,4-7,10,13,17H2. The zero-order valence-electron chi connectivity index (χ0n) is 16.3. The zero-order chi connectivity index (χ0) is 20.1. The Bertz CT molecular complexity index is 1010. The lowest BCUT2D eigenvalue weighted by Crippen LogP contribution is -2.15. The van der Waals surface area contributed by atoms with Crippen LogP contribution in [0, 0.1) is 0 Å². The first kappa shape index (κ1) is 19.1. The predicted octanol–water partition coefficient (Wildman–Crippen LogP) is 4.11. The Kier molecular flexibility index (Phi) is 5.84. The number of rotatable bonds is 7. The van der Waals surface area contributed by atoms with Crippen LogP contribution in [-0.2, 0) is 28.8 Å². The number of ether oxygens (including phenoxy) is 1. The summed E-state index contributed by atoms with van der Waals surface area (Å²) in [6.45, 7) is -0.207. The molecule has 2 aromatic carbocycles. The van der Waals surface area contributed by atoms with E-state index in [1.807, 2.05) is 54.7 Å². The van der Waals surface area contributed by atoms with Crippen LogP contribution in [0.4, 0.5) is 0 Å². The number of aromatic nitrogens is 2. The smallest absolute Gasteiger partial charge is 0.306 e. The summed E-state index contributed by atoms with van der Waals surface area (Å²) in [4.78, 5) is 24.4. The van der Waals surface area contributed by atoms with E-state index in [4.69, 9.17) is 4.74 Å². The van der Waals surface area contributed by atoms with Crippen molar-refractivity contribution in [2.45, 2.75) is 38.5 Å². The number of ketones is 1. The van der Waals surface area contributed by atoms with Crippen LogP contribution in [0.15, 0.2) is 60.9 Å². The Morgan fingerprint density at radius 2 is 1.79 bits per heavy atom. The van der Waals surface area contributed by atoms with Crippen LogP contribution in [0.1, 0.15) is 46.3 Å². The van der Waals surface area contributed by atoms with E-state index in [0.717, 1.165) is 24.1 Å². The molecule has 1 heterocycles. The minimum atomic E-state index is -0.372. The first-order valence-electron chi connectivity index (χ1n) is 10.1. The molecule has 1 aliphatic rings. The van der Waals surface area contributed by atoms with E-state index in [1.165, 1.54) is 24.0 Å². The molecule has 0 atom stereocenters. The molecule has 0 bridgehead atoms. The number of hydrogen-bond donors (Lipinski definition) is 0. The van der Waals surface area contributed by atoms with Crippen molar-refractivity contribution in [1.29, 1.82) is 0 Å². The molecule has 4 rings (SSSR count). The van der Waals surface area contributed by atoms with Crippen LogP contribution in [0.5, 0.6) is 0 Å². The van der Waals surface area contributed by atoms with Crippen LogP contribution in [0.2, 0.25) is 0 Å². The molecule has 0 fully saturated rings. The molecule has 1 aliphatic carbocycles. The number of carbonyl (C=O) groups is 2. The van der Waals surface area contributed by atoms with E-state index in [-0.39, 0.29) is 24.8 Å². The second-order valence-corrected chi connectivity index (χ2v) is 7.40. The van der Waals surface area contributed by atoms with Crippen LogP contribution < -0.4 is 0 Å². The van der Waals surface area contributed by atoms with Crippen molar-refractivity contribution in [2.24, 2.45) is 0 Å². The fraction of sp³-hybridized carbons (Fsp3) is 0.292. The number of carbonyl (C=O) groups excluding carboxylic acids is 2. The molecule has 0 unspecified atom stereocenters. The van der Waals surface area contributed by atoms with Crippen molar-refractivity contribution in [1.82, 2.24) is 9.78 Å². The summed E-state index contributed by atoms with van der Waals surface area (Å²) in [6.07, 6.45) is 8.88. The third-order valence-corrected chi connectivity index (χ3v) is 5.31. The van der Waals surface area contributed by atoms with Crippen molar-refractivity contribution in [3.8, 4) is 5.69 Å². The first-order valence-corrected chi connectivity index (χ1v) is 10.1. The lowest BCUT2D eigenvalue weighted by atomic mass is 9.90. The van der Waals surface area contributed by atoms with Gasteiger partial charge in [-0.15, -0.1) is 0 Å². The predicted molar refractivity (Wildman–Crippen MR) is 110 cm³/mol. The second-order valence-electron chi connectivity index (χ2n) is 7.40. The minimum Gasteiger partial charge on any atom is -0.457 e. The van der Waals surface area contributed by atoms with Crippen LogP contribution in [-0.4, -0.2) is 28.1 Å². The summed E-state index contributed by atoms with van der Waals surface area (Å²) in [7, 11) is 0. The Morgan fingerprint density at radius 1 is 1.00 bits per heavy atom. The van der Waals surface area contributed by atoms with Crippen molar-refractivity contribution in [3.63, 3.8) is 0 Å². The highest BCUT2D eigenvalue weighted by Crippen LogP contribution is 2.22. The number of nitrogens with zero attached hydrogens (tertiary/aromatic N) is 2. The summed E-state index contributed by atoms with van der Waals surface area (Å²) < 4.78 is 6.98. The van der Waals surface area contributed by atoms with E-state index >= 15 is 0 Å².